The van der Waals surface area contributed by atoms with Crippen molar-refractivity contribution in [1.29, 1.82) is 0 Å². The minimum Gasteiger partial charge on any atom is -0.353 e. The zero-order chi connectivity index (χ0) is 17.9. The highest BCUT2D eigenvalue weighted by Gasteiger charge is 2.28. The number of carbonyl (C=O) groups is 1. The van der Waals surface area contributed by atoms with Crippen LogP contribution in [0.4, 0.5) is 5.69 Å². The maximum absolute atomic E-state index is 11.8. The van der Waals surface area contributed by atoms with Crippen LogP contribution in [0.2, 0.25) is 0 Å². The Morgan fingerprint density at radius 2 is 2.04 bits per heavy atom. The Morgan fingerprint density at radius 3 is 2.58 bits per heavy atom. The van der Waals surface area contributed by atoms with E-state index in [0.29, 0.717) is 25.3 Å². The van der Waals surface area contributed by atoms with Crippen LogP contribution in [0.5, 0.6) is 0 Å². The average Bonchev–Trinajstić information content (AvgIpc) is 3.17. The maximum Gasteiger partial charge on any atom is 0.227 e. The first kappa shape index (κ1) is 20.9. The molecule has 1 atom stereocenters. The van der Waals surface area contributed by atoms with Crippen molar-refractivity contribution in [3.8, 4) is 0 Å². The van der Waals surface area contributed by atoms with E-state index < -0.39 is 9.84 Å². The summed E-state index contributed by atoms with van der Waals surface area (Å²) in [6.07, 6.45) is 2.16. The number of aliphatic imine (C=N–C) groups is 1. The van der Waals surface area contributed by atoms with Crippen molar-refractivity contribution in [3.63, 3.8) is 0 Å². The van der Waals surface area contributed by atoms with E-state index in [1.807, 2.05) is 29.2 Å². The van der Waals surface area contributed by atoms with Crippen LogP contribution in [0.25, 0.3) is 0 Å². The van der Waals surface area contributed by atoms with E-state index in [4.69, 9.17) is 0 Å². The normalized spacial score (nSPS) is 22.2. The molecular weight excluding hydrogens is 467 g/mol. The number of amides is 1. The van der Waals surface area contributed by atoms with Crippen LogP contribution in [0, 0.1) is 0 Å². The lowest BCUT2D eigenvalue weighted by Crippen LogP contribution is -2.43. The lowest BCUT2D eigenvalue weighted by Gasteiger charge is -2.17. The summed E-state index contributed by atoms with van der Waals surface area (Å²) in [6, 6.07) is 7.81. The number of halogens is 1. The minimum absolute atomic E-state index is 0. The molecular formula is C17H25IN4O3S. The monoisotopic (exact) mass is 492 g/mol. The van der Waals surface area contributed by atoms with E-state index in [0.717, 1.165) is 24.2 Å². The molecule has 9 heteroatoms. The number of nitrogens with one attached hydrogen (secondary N) is 2. The summed E-state index contributed by atoms with van der Waals surface area (Å²) in [6.45, 7) is 1.37. The van der Waals surface area contributed by atoms with Crippen molar-refractivity contribution in [1.82, 2.24) is 10.6 Å². The van der Waals surface area contributed by atoms with E-state index in [1.54, 1.807) is 7.05 Å². The Labute approximate surface area is 171 Å². The van der Waals surface area contributed by atoms with E-state index in [-0.39, 0.29) is 47.4 Å². The molecule has 2 fully saturated rings. The van der Waals surface area contributed by atoms with Crippen molar-refractivity contribution >= 4 is 51.4 Å². The van der Waals surface area contributed by atoms with Gasteiger partial charge in [0.1, 0.15) is 0 Å². The van der Waals surface area contributed by atoms with Gasteiger partial charge in [-0.2, -0.15) is 0 Å². The average molecular weight is 492 g/mol. The van der Waals surface area contributed by atoms with Gasteiger partial charge in [-0.25, -0.2) is 8.42 Å². The highest BCUT2D eigenvalue weighted by atomic mass is 127. The molecule has 0 radical (unpaired) electrons. The quantitative estimate of drug-likeness (QED) is 0.376. The van der Waals surface area contributed by atoms with Crippen LogP contribution < -0.4 is 15.5 Å². The third kappa shape index (κ3) is 5.32. The first-order valence-electron chi connectivity index (χ1n) is 8.54. The predicted octanol–water partition coefficient (Wildman–Crippen LogP) is 1.28. The number of rotatable bonds is 4. The number of guanidine groups is 1. The van der Waals surface area contributed by atoms with Crippen LogP contribution >= 0.6 is 24.0 Å². The fraction of sp³-hybridized carbons (Fsp3) is 0.529. The van der Waals surface area contributed by atoms with Gasteiger partial charge in [0.2, 0.25) is 5.91 Å². The number of hydrogen-bond acceptors (Lipinski definition) is 4. The topological polar surface area (TPSA) is 90.9 Å². The summed E-state index contributed by atoms with van der Waals surface area (Å²) in [5.41, 5.74) is 2.00. The third-order valence-electron chi connectivity index (χ3n) is 4.58. The molecule has 2 heterocycles. The standard InChI is InChI=1S/C17H24N4O3S.HI/c1-18-17(20-14-8-10-25(23,24)12-14)19-11-13-4-6-15(7-5-13)21-9-2-3-16(21)22;/h4-7,14H,2-3,8-12H2,1H3,(H2,18,19,20);1H. The zero-order valence-corrected chi connectivity index (χ0v) is 17.9. The van der Waals surface area contributed by atoms with Crippen molar-refractivity contribution in [2.75, 3.05) is 30.0 Å². The zero-order valence-electron chi connectivity index (χ0n) is 14.8. The number of nitrogens with zero attached hydrogens (tertiary/aromatic N) is 2. The van der Waals surface area contributed by atoms with Gasteiger partial charge in [-0.05, 0) is 30.5 Å². The third-order valence-corrected chi connectivity index (χ3v) is 6.35. The Morgan fingerprint density at radius 1 is 1.31 bits per heavy atom. The molecule has 144 valence electrons. The van der Waals surface area contributed by atoms with E-state index in [2.05, 4.69) is 15.6 Å². The second-order valence-corrected chi connectivity index (χ2v) is 8.71. The summed E-state index contributed by atoms with van der Waals surface area (Å²) in [5, 5.41) is 6.36. The molecule has 0 aliphatic carbocycles. The number of sulfone groups is 1. The fourth-order valence-electron chi connectivity index (χ4n) is 3.20. The summed E-state index contributed by atoms with van der Waals surface area (Å²) in [7, 11) is -1.24. The SMILES string of the molecule is CN=C(NCc1ccc(N2CCCC2=O)cc1)NC1CCS(=O)(=O)C1.I. The van der Waals surface area contributed by atoms with Gasteiger partial charge in [0.25, 0.3) is 0 Å². The summed E-state index contributed by atoms with van der Waals surface area (Å²) < 4.78 is 23.1. The summed E-state index contributed by atoms with van der Waals surface area (Å²) in [4.78, 5) is 17.7. The lowest BCUT2D eigenvalue weighted by atomic mass is 10.2. The van der Waals surface area contributed by atoms with Gasteiger partial charge in [-0.15, -0.1) is 24.0 Å². The van der Waals surface area contributed by atoms with E-state index in [9.17, 15) is 13.2 Å². The Kier molecular flexibility index (Phi) is 7.27. The van der Waals surface area contributed by atoms with E-state index in [1.165, 1.54) is 0 Å². The van der Waals surface area contributed by atoms with Gasteiger partial charge in [0.05, 0.1) is 11.5 Å². The lowest BCUT2D eigenvalue weighted by molar-refractivity contribution is -0.117. The van der Waals surface area contributed by atoms with Crippen molar-refractivity contribution in [2.24, 2.45) is 4.99 Å². The predicted molar refractivity (Wildman–Crippen MR) is 114 cm³/mol. The molecule has 7 nitrogen and oxygen atoms in total. The molecule has 0 aromatic heterocycles. The number of hydrogen-bond donors (Lipinski definition) is 2. The largest absolute Gasteiger partial charge is 0.353 e. The van der Waals surface area contributed by atoms with Crippen molar-refractivity contribution in [2.45, 2.75) is 31.8 Å². The van der Waals surface area contributed by atoms with E-state index >= 15 is 0 Å². The van der Waals surface area contributed by atoms with Crippen LogP contribution in [-0.2, 0) is 21.2 Å². The molecule has 0 bridgehead atoms. The maximum atomic E-state index is 11.8. The second-order valence-electron chi connectivity index (χ2n) is 6.49. The number of anilines is 1. The van der Waals surface area contributed by atoms with Gasteiger partial charge < -0.3 is 15.5 Å². The molecule has 1 aromatic rings. The van der Waals surface area contributed by atoms with Crippen LogP contribution in [0.3, 0.4) is 0 Å². The Balaban J connectivity index is 0.00000243. The van der Waals surface area contributed by atoms with Crippen LogP contribution in [-0.4, -0.2) is 51.4 Å². The van der Waals surface area contributed by atoms with Crippen molar-refractivity contribution in [3.05, 3.63) is 29.8 Å². The smallest absolute Gasteiger partial charge is 0.227 e. The minimum atomic E-state index is -2.91. The van der Waals surface area contributed by atoms with Gasteiger partial charge in [-0.3, -0.25) is 9.79 Å². The molecule has 0 saturated carbocycles. The highest BCUT2D eigenvalue weighted by molar-refractivity contribution is 14.0. The number of carbonyl (C=O) groups excluding carboxylic acids is 1. The molecule has 2 aliphatic heterocycles. The molecule has 1 aromatic carbocycles. The second kappa shape index (κ2) is 9.03. The molecule has 26 heavy (non-hydrogen) atoms. The van der Waals surface area contributed by atoms with Gasteiger partial charge in [0.15, 0.2) is 15.8 Å². The first-order valence-corrected chi connectivity index (χ1v) is 10.4. The van der Waals surface area contributed by atoms with Crippen molar-refractivity contribution < 1.29 is 13.2 Å². The summed E-state index contributed by atoms with van der Waals surface area (Å²) >= 11 is 0. The Bertz CT molecular complexity index is 765. The van der Waals surface area contributed by atoms with Gasteiger partial charge >= 0.3 is 0 Å². The Hall–Kier alpha value is -1.36. The van der Waals surface area contributed by atoms with Crippen LogP contribution in [0.15, 0.2) is 29.3 Å². The molecule has 1 unspecified atom stereocenters. The van der Waals surface area contributed by atoms with Gasteiger partial charge in [0, 0.05) is 38.3 Å². The molecule has 0 spiro atoms. The summed E-state index contributed by atoms with van der Waals surface area (Å²) in [5.74, 6) is 1.17. The molecule has 2 saturated heterocycles. The molecule has 2 aliphatic rings. The highest BCUT2D eigenvalue weighted by Crippen LogP contribution is 2.21. The molecule has 1 amide bonds. The van der Waals surface area contributed by atoms with Gasteiger partial charge in [-0.1, -0.05) is 12.1 Å². The van der Waals surface area contributed by atoms with Crippen LogP contribution in [0.1, 0.15) is 24.8 Å². The molecule has 3 rings (SSSR count). The number of benzene rings is 1. The fourth-order valence-corrected chi connectivity index (χ4v) is 4.87. The molecule has 2 N–H and O–H groups in total. The first-order chi connectivity index (χ1) is 12.0.